The molecule has 46 heavy (non-hydrogen) atoms. The molecule has 264 valence electrons. The first-order chi connectivity index (χ1) is 21.8. The number of carbonyl (C=O) groups excluding carboxylic acids is 2. The van der Waals surface area contributed by atoms with Crippen LogP contribution in [0.2, 0.25) is 0 Å². The minimum Gasteiger partial charge on any atom is -0.378 e. The Kier molecular flexibility index (Phi) is 11.9. The van der Waals surface area contributed by atoms with Crippen LogP contribution in [0, 0.1) is 11.8 Å². The van der Waals surface area contributed by atoms with Crippen molar-refractivity contribution in [2.75, 3.05) is 58.2 Å². The molecule has 3 atom stereocenters. The van der Waals surface area contributed by atoms with E-state index in [9.17, 15) is 26.8 Å². The van der Waals surface area contributed by atoms with Crippen LogP contribution in [-0.2, 0) is 24.4 Å². The van der Waals surface area contributed by atoms with E-state index in [0.29, 0.717) is 25.4 Å². The van der Waals surface area contributed by atoms with Crippen LogP contribution in [0.5, 0.6) is 0 Å². The predicted molar refractivity (Wildman–Crippen MR) is 166 cm³/mol. The molecule has 0 aromatic rings. The molecule has 0 radical (unpaired) electrons. The van der Waals surface area contributed by atoms with E-state index in [1.165, 1.54) is 4.90 Å². The standard InChI is InChI=1S/C30H49ClF3N5O6S/c31-23-16-35-28(36-17-23)37-10-8-21(9-11-37)4-3-12-45-24-7-6-22(25(32)15-24)14-27(41)38-18-29(19-38)30(33,34)20-39(29)26(40)5-1-2-13-46(42,43)44/h21-25,28,35-36H,1-20H2,(H,42,43,44). The summed E-state index contributed by atoms with van der Waals surface area (Å²) in [6, 6.07) is 0. The summed E-state index contributed by atoms with van der Waals surface area (Å²) >= 11 is 6.14. The number of carbonyl (C=O) groups is 2. The third-order valence-corrected chi connectivity index (χ3v) is 11.8. The summed E-state index contributed by atoms with van der Waals surface area (Å²) in [7, 11) is -4.15. The summed E-state index contributed by atoms with van der Waals surface area (Å²) in [5, 5.41) is 7.03. The smallest absolute Gasteiger partial charge is 0.291 e. The Hall–Kier alpha value is -1.23. The van der Waals surface area contributed by atoms with Crippen molar-refractivity contribution < 1.29 is 40.5 Å². The number of hydrogen-bond donors (Lipinski definition) is 3. The Balaban J connectivity index is 0.951. The number of halogens is 4. The van der Waals surface area contributed by atoms with E-state index in [0.717, 1.165) is 56.8 Å². The number of piperidine rings is 1. The van der Waals surface area contributed by atoms with Gasteiger partial charge in [0, 0.05) is 52.0 Å². The molecule has 1 spiro atoms. The topological polar surface area (TPSA) is 132 Å². The highest BCUT2D eigenvalue weighted by Crippen LogP contribution is 2.51. The Morgan fingerprint density at radius 1 is 0.978 bits per heavy atom. The molecule has 3 N–H and O–H groups in total. The second-order valence-corrected chi connectivity index (χ2v) is 16.1. The molecule has 5 aliphatic rings. The van der Waals surface area contributed by atoms with Gasteiger partial charge >= 0.3 is 0 Å². The molecule has 0 aromatic carbocycles. The molecule has 16 heteroatoms. The van der Waals surface area contributed by atoms with Crippen molar-refractivity contribution in [3.63, 3.8) is 0 Å². The molecule has 4 heterocycles. The average molecular weight is 700 g/mol. The van der Waals surface area contributed by atoms with E-state index >= 15 is 4.39 Å². The van der Waals surface area contributed by atoms with Gasteiger partial charge in [-0.25, -0.2) is 13.2 Å². The zero-order valence-electron chi connectivity index (χ0n) is 26.4. The number of rotatable bonds is 13. The Morgan fingerprint density at radius 2 is 1.67 bits per heavy atom. The lowest BCUT2D eigenvalue weighted by Crippen LogP contribution is -2.88. The summed E-state index contributed by atoms with van der Waals surface area (Å²) in [6.45, 7) is 2.94. The summed E-state index contributed by atoms with van der Waals surface area (Å²) in [4.78, 5) is 30.3. The van der Waals surface area contributed by atoms with Crippen LogP contribution in [0.1, 0.15) is 70.6 Å². The van der Waals surface area contributed by atoms with Gasteiger partial charge in [0.1, 0.15) is 18.0 Å². The molecule has 1 saturated carbocycles. The fraction of sp³-hybridized carbons (Fsp3) is 0.933. The van der Waals surface area contributed by atoms with Crippen molar-refractivity contribution >= 4 is 33.5 Å². The van der Waals surface area contributed by atoms with Gasteiger partial charge in [-0.3, -0.25) is 29.7 Å². The van der Waals surface area contributed by atoms with Crippen LogP contribution in [-0.4, -0.2) is 133 Å². The molecule has 0 bridgehead atoms. The van der Waals surface area contributed by atoms with E-state index in [2.05, 4.69) is 15.5 Å². The molecular weight excluding hydrogens is 651 g/mol. The first-order valence-electron chi connectivity index (χ1n) is 16.8. The van der Waals surface area contributed by atoms with Crippen molar-refractivity contribution in [2.24, 2.45) is 11.8 Å². The van der Waals surface area contributed by atoms with Gasteiger partial charge in [-0.05, 0) is 63.2 Å². The highest BCUT2D eigenvalue weighted by molar-refractivity contribution is 7.85. The zero-order chi connectivity index (χ0) is 33.1. The molecule has 11 nitrogen and oxygen atoms in total. The predicted octanol–water partition coefficient (Wildman–Crippen LogP) is 2.59. The molecular formula is C30H49ClF3N5O6S. The van der Waals surface area contributed by atoms with Crippen molar-refractivity contribution in [2.45, 2.75) is 106 Å². The van der Waals surface area contributed by atoms with Crippen molar-refractivity contribution in [3.8, 4) is 0 Å². The van der Waals surface area contributed by atoms with Crippen LogP contribution in [0.4, 0.5) is 13.2 Å². The number of amides is 2. The maximum absolute atomic E-state index is 15.1. The molecule has 2 amide bonds. The van der Waals surface area contributed by atoms with Gasteiger partial charge in [0.2, 0.25) is 11.8 Å². The van der Waals surface area contributed by atoms with Gasteiger partial charge < -0.3 is 14.5 Å². The minimum absolute atomic E-state index is 0.0387. The third-order valence-electron chi connectivity index (χ3n) is 10.6. The summed E-state index contributed by atoms with van der Waals surface area (Å²) in [5.41, 5.74) is -1.75. The van der Waals surface area contributed by atoms with E-state index in [1.807, 2.05) is 0 Å². The quantitative estimate of drug-likeness (QED) is 0.151. The van der Waals surface area contributed by atoms with Gasteiger partial charge in [0.15, 0.2) is 0 Å². The molecule has 4 aliphatic heterocycles. The van der Waals surface area contributed by atoms with E-state index in [4.69, 9.17) is 20.9 Å². The monoisotopic (exact) mass is 699 g/mol. The summed E-state index contributed by atoms with van der Waals surface area (Å²) < 4.78 is 80.8. The minimum atomic E-state index is -4.15. The van der Waals surface area contributed by atoms with E-state index in [1.54, 1.807) is 0 Å². The van der Waals surface area contributed by atoms with Crippen molar-refractivity contribution in [3.05, 3.63) is 0 Å². The SMILES string of the molecule is O=C(CC1CCC(OCCCC2CCN(C3NCC(Cl)CN3)CC2)CC1F)N1CC2(C1)N(C(=O)CCCCS(=O)(=O)O)CC2(F)F. The highest BCUT2D eigenvalue weighted by Gasteiger charge is 2.74. The number of nitrogens with one attached hydrogen (secondary N) is 2. The summed E-state index contributed by atoms with van der Waals surface area (Å²) in [6.07, 6.45) is 4.46. The van der Waals surface area contributed by atoms with Gasteiger partial charge in [-0.2, -0.15) is 8.42 Å². The van der Waals surface area contributed by atoms with Crippen LogP contribution in [0.3, 0.4) is 0 Å². The van der Waals surface area contributed by atoms with Gasteiger partial charge in [-0.15, -0.1) is 11.6 Å². The molecule has 5 fully saturated rings. The molecule has 0 aromatic heterocycles. The lowest BCUT2D eigenvalue weighted by atomic mass is 9.73. The maximum atomic E-state index is 15.1. The van der Waals surface area contributed by atoms with Crippen LogP contribution in [0.25, 0.3) is 0 Å². The summed E-state index contributed by atoms with van der Waals surface area (Å²) in [5.74, 6) is -4.38. The lowest BCUT2D eigenvalue weighted by molar-refractivity contribution is -0.279. The zero-order valence-corrected chi connectivity index (χ0v) is 27.9. The van der Waals surface area contributed by atoms with Gasteiger partial charge in [0.05, 0.1) is 36.9 Å². The van der Waals surface area contributed by atoms with Crippen molar-refractivity contribution in [1.82, 2.24) is 25.3 Å². The average Bonchev–Trinajstić information content (AvgIpc) is 2.97. The van der Waals surface area contributed by atoms with E-state index < -0.39 is 51.9 Å². The third kappa shape index (κ3) is 8.67. The van der Waals surface area contributed by atoms with Gasteiger partial charge in [-0.1, -0.05) is 0 Å². The first-order valence-corrected chi connectivity index (χ1v) is 18.8. The second kappa shape index (κ2) is 15.1. The number of ether oxygens (including phenoxy) is 1. The molecule has 3 unspecified atom stereocenters. The highest BCUT2D eigenvalue weighted by atomic mass is 35.5. The largest absolute Gasteiger partial charge is 0.378 e. The number of likely N-dealkylation sites (tertiary alicyclic amines) is 3. The lowest BCUT2D eigenvalue weighted by Gasteiger charge is -2.65. The van der Waals surface area contributed by atoms with Crippen LogP contribution >= 0.6 is 11.6 Å². The molecule has 5 rings (SSSR count). The number of unbranched alkanes of at least 4 members (excludes halogenated alkanes) is 1. The Morgan fingerprint density at radius 3 is 2.30 bits per heavy atom. The van der Waals surface area contributed by atoms with E-state index in [-0.39, 0.29) is 68.9 Å². The van der Waals surface area contributed by atoms with Crippen LogP contribution < -0.4 is 10.6 Å². The number of nitrogens with zero attached hydrogens (tertiary/aromatic N) is 3. The second-order valence-electron chi connectivity index (χ2n) is 13.9. The van der Waals surface area contributed by atoms with Gasteiger partial charge in [0.25, 0.3) is 16.0 Å². The molecule has 4 saturated heterocycles. The van der Waals surface area contributed by atoms with Crippen molar-refractivity contribution in [1.29, 1.82) is 0 Å². The normalized spacial score (nSPS) is 31.8. The number of hydrogen-bond acceptors (Lipinski definition) is 8. The Labute approximate surface area is 275 Å². The van der Waals surface area contributed by atoms with Crippen LogP contribution in [0.15, 0.2) is 0 Å². The Bertz CT molecular complexity index is 1170. The number of alkyl halides is 4. The fourth-order valence-corrected chi connectivity index (χ4v) is 8.42. The molecule has 1 aliphatic carbocycles. The maximum Gasteiger partial charge on any atom is 0.291 e. The fourth-order valence-electron chi connectivity index (χ4n) is 7.67. The first kappa shape index (κ1) is 36.1.